The third kappa shape index (κ3) is 3.40. The standard InChI is InChI=1S/C15H15NS/c1-17-15-4-2-3-13(11-15)6-5-12-7-9-14(16)10-8-12/h2-11H,16H2,1H3/b6-5+. The van der Waals surface area contributed by atoms with Crippen LogP contribution in [0.2, 0.25) is 0 Å². The summed E-state index contributed by atoms with van der Waals surface area (Å²) in [5.74, 6) is 0. The van der Waals surface area contributed by atoms with Gasteiger partial charge >= 0.3 is 0 Å². The molecule has 86 valence electrons. The minimum Gasteiger partial charge on any atom is -0.399 e. The molecule has 0 heterocycles. The fraction of sp³-hybridized carbons (Fsp3) is 0.0667. The lowest BCUT2D eigenvalue weighted by molar-refractivity contribution is 1.45. The van der Waals surface area contributed by atoms with Gasteiger partial charge in [-0.1, -0.05) is 36.4 Å². The molecule has 17 heavy (non-hydrogen) atoms. The summed E-state index contributed by atoms with van der Waals surface area (Å²) in [6.45, 7) is 0. The van der Waals surface area contributed by atoms with Gasteiger partial charge in [0.1, 0.15) is 0 Å². The highest BCUT2D eigenvalue weighted by atomic mass is 32.2. The van der Waals surface area contributed by atoms with Crippen LogP contribution in [0.25, 0.3) is 12.2 Å². The number of anilines is 1. The Balaban J connectivity index is 2.16. The van der Waals surface area contributed by atoms with Crippen LogP contribution in [0.4, 0.5) is 5.69 Å². The Hall–Kier alpha value is -1.67. The monoisotopic (exact) mass is 241 g/mol. The summed E-state index contributed by atoms with van der Waals surface area (Å²) in [4.78, 5) is 1.28. The molecule has 0 bridgehead atoms. The summed E-state index contributed by atoms with van der Waals surface area (Å²) >= 11 is 1.76. The van der Waals surface area contributed by atoms with Crippen LogP contribution in [-0.2, 0) is 0 Å². The molecule has 2 heteroatoms. The maximum absolute atomic E-state index is 5.64. The molecule has 0 unspecified atom stereocenters. The number of nitrogen functional groups attached to an aromatic ring is 1. The Morgan fingerprint density at radius 2 is 1.65 bits per heavy atom. The van der Waals surface area contributed by atoms with Gasteiger partial charge in [0.2, 0.25) is 0 Å². The van der Waals surface area contributed by atoms with E-state index in [-0.39, 0.29) is 0 Å². The van der Waals surface area contributed by atoms with Gasteiger partial charge in [0.15, 0.2) is 0 Å². The first-order chi connectivity index (χ1) is 8.28. The normalized spacial score (nSPS) is 10.9. The largest absolute Gasteiger partial charge is 0.399 e. The molecule has 0 amide bonds. The van der Waals surface area contributed by atoms with Crippen molar-refractivity contribution in [3.8, 4) is 0 Å². The molecule has 0 fully saturated rings. The molecule has 0 spiro atoms. The van der Waals surface area contributed by atoms with Gasteiger partial charge in [-0.15, -0.1) is 11.8 Å². The van der Waals surface area contributed by atoms with Crippen LogP contribution < -0.4 is 5.73 Å². The highest BCUT2D eigenvalue weighted by Gasteiger charge is 1.91. The van der Waals surface area contributed by atoms with Crippen molar-refractivity contribution in [3.63, 3.8) is 0 Å². The lowest BCUT2D eigenvalue weighted by Crippen LogP contribution is -1.82. The van der Waals surface area contributed by atoms with Crippen LogP contribution in [-0.4, -0.2) is 6.26 Å². The van der Waals surface area contributed by atoms with E-state index in [9.17, 15) is 0 Å². The van der Waals surface area contributed by atoms with Gasteiger partial charge < -0.3 is 5.73 Å². The minimum atomic E-state index is 0.798. The maximum Gasteiger partial charge on any atom is 0.0314 e. The molecule has 2 N–H and O–H groups in total. The number of benzene rings is 2. The topological polar surface area (TPSA) is 26.0 Å². The molecular weight excluding hydrogens is 226 g/mol. The van der Waals surface area contributed by atoms with Crippen molar-refractivity contribution in [1.82, 2.24) is 0 Å². The molecule has 2 aromatic carbocycles. The van der Waals surface area contributed by atoms with Crippen molar-refractivity contribution >= 4 is 29.6 Å². The third-order valence-electron chi connectivity index (χ3n) is 2.50. The van der Waals surface area contributed by atoms with Crippen molar-refractivity contribution in [2.45, 2.75) is 4.90 Å². The number of thioether (sulfide) groups is 1. The van der Waals surface area contributed by atoms with E-state index in [1.165, 1.54) is 10.5 Å². The van der Waals surface area contributed by atoms with E-state index in [4.69, 9.17) is 5.73 Å². The first-order valence-corrected chi connectivity index (χ1v) is 6.68. The van der Waals surface area contributed by atoms with Gasteiger partial charge in [0.25, 0.3) is 0 Å². The van der Waals surface area contributed by atoms with Crippen molar-refractivity contribution in [3.05, 3.63) is 59.7 Å². The van der Waals surface area contributed by atoms with Gasteiger partial charge in [-0.3, -0.25) is 0 Å². The third-order valence-corrected chi connectivity index (χ3v) is 3.22. The van der Waals surface area contributed by atoms with E-state index in [2.05, 4.69) is 42.7 Å². The van der Waals surface area contributed by atoms with E-state index < -0.39 is 0 Å². The van der Waals surface area contributed by atoms with Crippen molar-refractivity contribution in [2.24, 2.45) is 0 Å². The second-order valence-corrected chi connectivity index (χ2v) is 4.66. The Morgan fingerprint density at radius 3 is 2.35 bits per heavy atom. The zero-order valence-electron chi connectivity index (χ0n) is 9.76. The van der Waals surface area contributed by atoms with E-state index in [1.54, 1.807) is 11.8 Å². The summed E-state index contributed by atoms with van der Waals surface area (Å²) < 4.78 is 0. The average Bonchev–Trinajstić information content (AvgIpc) is 2.38. The summed E-state index contributed by atoms with van der Waals surface area (Å²) in [6, 6.07) is 16.3. The Labute approximate surface area is 106 Å². The molecule has 0 aliphatic rings. The second kappa shape index (κ2) is 5.60. The van der Waals surface area contributed by atoms with E-state index in [0.717, 1.165) is 11.3 Å². The number of nitrogens with two attached hydrogens (primary N) is 1. The van der Waals surface area contributed by atoms with Crippen LogP contribution in [0.3, 0.4) is 0 Å². The van der Waals surface area contributed by atoms with Crippen LogP contribution >= 0.6 is 11.8 Å². The molecule has 2 aromatic rings. The van der Waals surface area contributed by atoms with Crippen molar-refractivity contribution < 1.29 is 0 Å². The van der Waals surface area contributed by atoms with Gasteiger partial charge in [0, 0.05) is 10.6 Å². The number of hydrogen-bond donors (Lipinski definition) is 1. The number of hydrogen-bond acceptors (Lipinski definition) is 2. The predicted molar refractivity (Wildman–Crippen MR) is 78.0 cm³/mol. The summed E-state index contributed by atoms with van der Waals surface area (Å²) in [6.07, 6.45) is 6.30. The minimum absolute atomic E-state index is 0.798. The lowest BCUT2D eigenvalue weighted by atomic mass is 10.1. The molecule has 0 atom stereocenters. The summed E-state index contributed by atoms with van der Waals surface area (Å²) in [5, 5.41) is 0. The molecule has 0 radical (unpaired) electrons. The molecule has 0 saturated carbocycles. The average molecular weight is 241 g/mol. The fourth-order valence-electron chi connectivity index (χ4n) is 1.54. The molecule has 0 aromatic heterocycles. The van der Waals surface area contributed by atoms with Crippen LogP contribution in [0, 0.1) is 0 Å². The molecule has 1 nitrogen and oxygen atoms in total. The van der Waals surface area contributed by atoms with Crippen molar-refractivity contribution in [2.75, 3.05) is 12.0 Å². The van der Waals surface area contributed by atoms with Gasteiger partial charge in [-0.25, -0.2) is 0 Å². The van der Waals surface area contributed by atoms with Crippen LogP contribution in [0.5, 0.6) is 0 Å². The highest BCUT2D eigenvalue weighted by Crippen LogP contribution is 2.17. The second-order valence-electron chi connectivity index (χ2n) is 3.78. The fourth-order valence-corrected chi connectivity index (χ4v) is 2.01. The van der Waals surface area contributed by atoms with E-state index >= 15 is 0 Å². The Kier molecular flexibility index (Phi) is 3.89. The van der Waals surface area contributed by atoms with E-state index in [1.807, 2.05) is 24.3 Å². The van der Waals surface area contributed by atoms with Crippen molar-refractivity contribution in [1.29, 1.82) is 0 Å². The molecule has 0 aliphatic heterocycles. The highest BCUT2D eigenvalue weighted by molar-refractivity contribution is 7.98. The SMILES string of the molecule is CSc1cccc(/C=C/c2ccc(N)cc2)c1. The predicted octanol–water partition coefficient (Wildman–Crippen LogP) is 4.16. The summed E-state index contributed by atoms with van der Waals surface area (Å²) in [5.41, 5.74) is 8.82. The molecule has 2 rings (SSSR count). The summed E-state index contributed by atoms with van der Waals surface area (Å²) in [7, 11) is 0. The first kappa shape index (κ1) is 11.8. The Morgan fingerprint density at radius 1 is 0.941 bits per heavy atom. The molecule has 0 saturated heterocycles. The van der Waals surface area contributed by atoms with Gasteiger partial charge in [-0.2, -0.15) is 0 Å². The Bertz CT molecular complexity index is 515. The smallest absolute Gasteiger partial charge is 0.0314 e. The molecular formula is C15H15NS. The van der Waals surface area contributed by atoms with Gasteiger partial charge in [-0.05, 0) is 41.6 Å². The van der Waals surface area contributed by atoms with Crippen LogP contribution in [0.1, 0.15) is 11.1 Å². The zero-order valence-corrected chi connectivity index (χ0v) is 10.6. The lowest BCUT2D eigenvalue weighted by Gasteiger charge is -1.98. The van der Waals surface area contributed by atoms with Gasteiger partial charge in [0.05, 0.1) is 0 Å². The van der Waals surface area contributed by atoms with Crippen LogP contribution in [0.15, 0.2) is 53.4 Å². The maximum atomic E-state index is 5.64. The quantitative estimate of drug-likeness (QED) is 0.496. The van der Waals surface area contributed by atoms with E-state index in [0.29, 0.717) is 0 Å². The zero-order chi connectivity index (χ0) is 12.1. The number of rotatable bonds is 3. The molecule has 0 aliphatic carbocycles. The first-order valence-electron chi connectivity index (χ1n) is 5.45.